The van der Waals surface area contributed by atoms with Gasteiger partial charge in [-0.05, 0) is 31.2 Å². The molecule has 5 nitrogen and oxygen atoms in total. The summed E-state index contributed by atoms with van der Waals surface area (Å²) in [7, 11) is 0. The Labute approximate surface area is 127 Å². The Morgan fingerprint density at radius 1 is 1.19 bits per heavy atom. The first-order valence-corrected chi connectivity index (χ1v) is 8.59. The maximum atomic E-state index is 12.5. The molecule has 2 aliphatic rings. The highest BCUT2D eigenvalue weighted by Gasteiger charge is 2.20. The minimum Gasteiger partial charge on any atom is -0.314 e. The zero-order valence-corrected chi connectivity index (χ0v) is 12.9. The molecule has 4 rings (SSSR count). The topological polar surface area (TPSA) is 61.0 Å². The largest absolute Gasteiger partial charge is 0.314 e. The molecular weight excluding hydrogens is 284 g/mol. The zero-order chi connectivity index (χ0) is 14.2. The van der Waals surface area contributed by atoms with Gasteiger partial charge in [0.15, 0.2) is 0 Å². The summed E-state index contributed by atoms with van der Waals surface area (Å²) >= 11 is 1.73. The van der Waals surface area contributed by atoms with Crippen molar-refractivity contribution in [2.24, 2.45) is 0 Å². The van der Waals surface area contributed by atoms with Crippen molar-refractivity contribution in [1.29, 1.82) is 0 Å². The van der Waals surface area contributed by atoms with Gasteiger partial charge in [0.1, 0.15) is 10.7 Å². The van der Waals surface area contributed by atoms with Gasteiger partial charge in [-0.1, -0.05) is 0 Å². The second-order valence-corrected chi connectivity index (χ2v) is 7.01. The zero-order valence-electron chi connectivity index (χ0n) is 12.1. The molecule has 0 atom stereocenters. The fourth-order valence-electron chi connectivity index (χ4n) is 3.36. The van der Waals surface area contributed by atoms with Crippen molar-refractivity contribution in [3.05, 3.63) is 26.6 Å². The molecule has 0 spiro atoms. The Kier molecular flexibility index (Phi) is 3.52. The van der Waals surface area contributed by atoms with Gasteiger partial charge in [0.05, 0.1) is 11.9 Å². The highest BCUT2D eigenvalue weighted by Crippen LogP contribution is 2.33. The lowest BCUT2D eigenvalue weighted by molar-refractivity contribution is 0.228. The van der Waals surface area contributed by atoms with Crippen LogP contribution in [-0.4, -0.2) is 41.0 Å². The van der Waals surface area contributed by atoms with Gasteiger partial charge in [0.25, 0.3) is 5.56 Å². The number of aryl methyl sites for hydroxylation is 2. The van der Waals surface area contributed by atoms with Crippen LogP contribution in [0.15, 0.2) is 4.79 Å². The average molecular weight is 304 g/mol. The summed E-state index contributed by atoms with van der Waals surface area (Å²) in [6.07, 6.45) is 4.59. The monoisotopic (exact) mass is 304 g/mol. The van der Waals surface area contributed by atoms with Crippen LogP contribution in [0, 0.1) is 0 Å². The van der Waals surface area contributed by atoms with E-state index < -0.39 is 0 Å². The van der Waals surface area contributed by atoms with Crippen molar-refractivity contribution in [3.8, 4) is 0 Å². The number of H-pyrrole nitrogens is 1. The van der Waals surface area contributed by atoms with E-state index in [2.05, 4.69) is 15.2 Å². The molecule has 2 aromatic rings. The number of nitrogens with one attached hydrogen (secondary N) is 2. The summed E-state index contributed by atoms with van der Waals surface area (Å²) in [5, 5.41) is 4.20. The molecule has 0 saturated carbocycles. The third kappa shape index (κ3) is 2.52. The molecule has 112 valence electrons. The predicted octanol–water partition coefficient (Wildman–Crippen LogP) is 1.27. The summed E-state index contributed by atoms with van der Waals surface area (Å²) in [6.45, 7) is 4.81. The van der Waals surface area contributed by atoms with E-state index in [-0.39, 0.29) is 5.56 Å². The third-order valence-electron chi connectivity index (χ3n) is 4.46. The Balaban J connectivity index is 1.70. The van der Waals surface area contributed by atoms with E-state index in [9.17, 15) is 4.79 Å². The fraction of sp³-hybridized carbons (Fsp3) is 0.600. The quantitative estimate of drug-likeness (QED) is 0.877. The molecule has 2 N–H and O–H groups in total. The Bertz CT molecular complexity index is 714. The second kappa shape index (κ2) is 5.51. The van der Waals surface area contributed by atoms with Gasteiger partial charge in [-0.3, -0.25) is 9.69 Å². The van der Waals surface area contributed by atoms with Gasteiger partial charge in [0, 0.05) is 31.1 Å². The van der Waals surface area contributed by atoms with E-state index in [0.717, 1.165) is 61.6 Å². The number of nitrogens with zero attached hydrogens (tertiary/aromatic N) is 2. The van der Waals surface area contributed by atoms with Crippen molar-refractivity contribution < 1.29 is 0 Å². The highest BCUT2D eigenvalue weighted by molar-refractivity contribution is 7.18. The molecule has 0 amide bonds. The molecular formula is C15H20N4OS. The fourth-order valence-corrected chi connectivity index (χ4v) is 4.65. The lowest BCUT2D eigenvalue weighted by Gasteiger charge is -2.26. The van der Waals surface area contributed by atoms with E-state index in [1.165, 1.54) is 23.3 Å². The molecule has 0 bridgehead atoms. The molecule has 0 aromatic carbocycles. The molecule has 0 unspecified atom stereocenters. The number of hydrogen-bond acceptors (Lipinski definition) is 5. The minimum atomic E-state index is 0.0598. The van der Waals surface area contributed by atoms with E-state index in [1.54, 1.807) is 11.3 Å². The van der Waals surface area contributed by atoms with Crippen LogP contribution in [0.5, 0.6) is 0 Å². The molecule has 1 aliphatic heterocycles. The maximum Gasteiger partial charge on any atom is 0.259 e. The van der Waals surface area contributed by atoms with Gasteiger partial charge in [-0.15, -0.1) is 11.3 Å². The lowest BCUT2D eigenvalue weighted by atomic mass is 9.97. The van der Waals surface area contributed by atoms with Crippen LogP contribution in [0.2, 0.25) is 0 Å². The first-order valence-electron chi connectivity index (χ1n) is 7.78. The lowest BCUT2D eigenvalue weighted by Crippen LogP contribution is -2.43. The van der Waals surface area contributed by atoms with E-state index in [1.807, 2.05) is 0 Å². The minimum absolute atomic E-state index is 0.0598. The van der Waals surface area contributed by atoms with E-state index in [0.29, 0.717) is 0 Å². The number of piperazine rings is 1. The summed E-state index contributed by atoms with van der Waals surface area (Å²) in [6, 6.07) is 0. The van der Waals surface area contributed by atoms with Crippen molar-refractivity contribution in [2.45, 2.75) is 32.2 Å². The first kappa shape index (κ1) is 13.4. The molecule has 1 fully saturated rings. The summed E-state index contributed by atoms with van der Waals surface area (Å²) < 4.78 is 0. The Morgan fingerprint density at radius 3 is 2.86 bits per heavy atom. The third-order valence-corrected chi connectivity index (χ3v) is 5.64. The predicted molar refractivity (Wildman–Crippen MR) is 85.0 cm³/mol. The first-order chi connectivity index (χ1) is 10.3. The molecule has 1 aliphatic carbocycles. The van der Waals surface area contributed by atoms with Crippen LogP contribution >= 0.6 is 11.3 Å². The van der Waals surface area contributed by atoms with Crippen LogP contribution in [-0.2, 0) is 19.4 Å². The number of fused-ring (bicyclic) bond motifs is 3. The van der Waals surface area contributed by atoms with Crippen molar-refractivity contribution >= 4 is 21.6 Å². The van der Waals surface area contributed by atoms with Gasteiger partial charge in [-0.25, -0.2) is 4.98 Å². The number of hydrogen-bond donors (Lipinski definition) is 2. The van der Waals surface area contributed by atoms with Crippen LogP contribution in [0.3, 0.4) is 0 Å². The molecule has 1 saturated heterocycles. The van der Waals surface area contributed by atoms with Crippen molar-refractivity contribution in [2.75, 3.05) is 26.2 Å². The van der Waals surface area contributed by atoms with Crippen molar-refractivity contribution in [3.63, 3.8) is 0 Å². The van der Waals surface area contributed by atoms with Gasteiger partial charge in [-0.2, -0.15) is 0 Å². The van der Waals surface area contributed by atoms with Crippen LogP contribution < -0.4 is 10.9 Å². The van der Waals surface area contributed by atoms with Crippen LogP contribution in [0.4, 0.5) is 0 Å². The van der Waals surface area contributed by atoms with Gasteiger partial charge >= 0.3 is 0 Å². The molecule has 3 heterocycles. The van der Waals surface area contributed by atoms with E-state index in [4.69, 9.17) is 4.98 Å². The molecule has 21 heavy (non-hydrogen) atoms. The normalized spacial score (nSPS) is 19.8. The molecule has 0 radical (unpaired) electrons. The summed E-state index contributed by atoms with van der Waals surface area (Å²) in [5.74, 6) is 0.813. The van der Waals surface area contributed by atoms with Gasteiger partial charge in [0.2, 0.25) is 0 Å². The van der Waals surface area contributed by atoms with Gasteiger partial charge < -0.3 is 10.3 Å². The van der Waals surface area contributed by atoms with E-state index >= 15 is 0 Å². The highest BCUT2D eigenvalue weighted by atomic mass is 32.1. The smallest absolute Gasteiger partial charge is 0.259 e. The summed E-state index contributed by atoms with van der Waals surface area (Å²) in [4.78, 5) is 24.9. The molecule has 2 aromatic heterocycles. The maximum absolute atomic E-state index is 12.5. The SMILES string of the molecule is O=c1[nH]c(CN2CCNCC2)nc2sc3c(c12)CCCC3. The number of thiophene rings is 1. The second-order valence-electron chi connectivity index (χ2n) is 5.93. The average Bonchev–Trinajstić information content (AvgIpc) is 2.87. The Morgan fingerprint density at radius 2 is 2.00 bits per heavy atom. The Hall–Kier alpha value is -1.24. The van der Waals surface area contributed by atoms with Crippen molar-refractivity contribution in [1.82, 2.24) is 20.2 Å². The number of rotatable bonds is 2. The molecule has 6 heteroatoms. The summed E-state index contributed by atoms with van der Waals surface area (Å²) in [5.41, 5.74) is 1.33. The number of aromatic amines is 1. The van der Waals surface area contributed by atoms with Crippen LogP contribution in [0.1, 0.15) is 29.1 Å². The van der Waals surface area contributed by atoms with Crippen LogP contribution in [0.25, 0.3) is 10.2 Å². The standard InChI is InChI=1S/C15H20N4OS/c20-14-13-10-3-1-2-4-11(10)21-15(13)18-12(17-14)9-19-7-5-16-6-8-19/h16H,1-9H2,(H,17,18,20). The number of aromatic nitrogens is 2.